The van der Waals surface area contributed by atoms with E-state index in [4.69, 9.17) is 5.11 Å². The van der Waals surface area contributed by atoms with E-state index in [9.17, 15) is 14.0 Å². The van der Waals surface area contributed by atoms with Crippen molar-refractivity contribution >= 4 is 33.4 Å². The van der Waals surface area contributed by atoms with Gasteiger partial charge in [-0.25, -0.2) is 4.39 Å². The lowest BCUT2D eigenvalue weighted by molar-refractivity contribution is -0.136. The van der Waals surface area contributed by atoms with E-state index in [2.05, 4.69) is 26.6 Å². The summed E-state index contributed by atoms with van der Waals surface area (Å²) in [7, 11) is 0. The predicted molar refractivity (Wildman–Crippen MR) is 76.7 cm³/mol. The van der Waals surface area contributed by atoms with Crippen molar-refractivity contribution in [3.8, 4) is 0 Å². The number of anilines is 1. The summed E-state index contributed by atoms with van der Waals surface area (Å²) in [5.41, 5.74) is -0.0589. The van der Waals surface area contributed by atoms with Gasteiger partial charge in [0.15, 0.2) is 0 Å². The van der Waals surface area contributed by atoms with Crippen molar-refractivity contribution in [2.75, 3.05) is 11.9 Å². The fourth-order valence-corrected chi connectivity index (χ4v) is 1.86. The summed E-state index contributed by atoms with van der Waals surface area (Å²) in [6, 6.07) is 3.87. The van der Waals surface area contributed by atoms with Gasteiger partial charge in [-0.05, 0) is 38.0 Å². The second-order valence-electron chi connectivity index (χ2n) is 4.32. The largest absolute Gasteiger partial charge is 0.396 e. The Kier molecular flexibility index (Phi) is 6.60. The van der Waals surface area contributed by atoms with Crippen LogP contribution in [0.4, 0.5) is 10.1 Å². The number of aliphatic hydroxyl groups excluding tert-OH is 1. The zero-order chi connectivity index (χ0) is 15.1. The van der Waals surface area contributed by atoms with Gasteiger partial charge in [-0.3, -0.25) is 9.59 Å². The molecule has 0 saturated heterocycles. The van der Waals surface area contributed by atoms with E-state index in [0.717, 1.165) is 0 Å². The fourth-order valence-electron chi connectivity index (χ4n) is 1.53. The van der Waals surface area contributed by atoms with E-state index < -0.39 is 17.6 Å². The molecule has 0 bridgehead atoms. The lowest BCUT2D eigenvalue weighted by atomic mass is 10.2. The Hall–Kier alpha value is -1.47. The molecular formula is C13H16BrFN2O3. The molecule has 1 atom stereocenters. The molecular weight excluding hydrogens is 331 g/mol. The summed E-state index contributed by atoms with van der Waals surface area (Å²) in [5.74, 6) is -2.39. The number of rotatable bonds is 5. The normalized spacial score (nSPS) is 11.8. The second kappa shape index (κ2) is 7.96. The van der Waals surface area contributed by atoms with Crippen molar-refractivity contribution in [1.29, 1.82) is 0 Å². The fraction of sp³-hybridized carbons (Fsp3) is 0.385. The second-order valence-corrected chi connectivity index (χ2v) is 5.23. The van der Waals surface area contributed by atoms with Crippen molar-refractivity contribution in [2.45, 2.75) is 25.8 Å². The molecule has 1 aromatic carbocycles. The molecule has 1 rings (SSSR count). The third-order valence-corrected chi connectivity index (χ3v) is 3.05. The van der Waals surface area contributed by atoms with Gasteiger partial charge < -0.3 is 15.7 Å². The topological polar surface area (TPSA) is 78.4 Å². The van der Waals surface area contributed by atoms with E-state index in [1.807, 2.05) is 0 Å². The van der Waals surface area contributed by atoms with Crippen molar-refractivity contribution in [1.82, 2.24) is 5.32 Å². The first-order chi connectivity index (χ1) is 9.43. The van der Waals surface area contributed by atoms with Gasteiger partial charge in [-0.2, -0.15) is 0 Å². The molecule has 110 valence electrons. The minimum atomic E-state index is -0.929. The van der Waals surface area contributed by atoms with Crippen LogP contribution in [0.2, 0.25) is 0 Å². The van der Waals surface area contributed by atoms with Crippen molar-refractivity contribution in [3.05, 3.63) is 28.5 Å². The van der Waals surface area contributed by atoms with Gasteiger partial charge in [0.2, 0.25) is 0 Å². The molecule has 0 spiro atoms. The van der Waals surface area contributed by atoms with Crippen LogP contribution in [0, 0.1) is 5.82 Å². The van der Waals surface area contributed by atoms with E-state index in [1.165, 1.54) is 12.1 Å². The maximum atomic E-state index is 13.5. The van der Waals surface area contributed by atoms with Crippen molar-refractivity contribution in [3.63, 3.8) is 0 Å². The molecule has 0 aliphatic heterocycles. The monoisotopic (exact) mass is 346 g/mol. The Morgan fingerprint density at radius 1 is 1.40 bits per heavy atom. The zero-order valence-corrected chi connectivity index (χ0v) is 12.5. The van der Waals surface area contributed by atoms with Crippen LogP contribution in [0.25, 0.3) is 0 Å². The highest BCUT2D eigenvalue weighted by atomic mass is 79.9. The third kappa shape index (κ3) is 5.26. The highest BCUT2D eigenvalue weighted by Crippen LogP contribution is 2.19. The maximum Gasteiger partial charge on any atom is 0.313 e. The first-order valence-corrected chi connectivity index (χ1v) is 6.91. The van der Waals surface area contributed by atoms with E-state index in [-0.39, 0.29) is 18.3 Å². The van der Waals surface area contributed by atoms with Gasteiger partial charge in [0.25, 0.3) is 0 Å². The van der Waals surface area contributed by atoms with Gasteiger partial charge in [-0.1, -0.05) is 15.9 Å². The number of carbonyl (C=O) groups is 2. The summed E-state index contributed by atoms with van der Waals surface area (Å²) in [6.07, 6.45) is 1.09. The van der Waals surface area contributed by atoms with Crippen LogP contribution in [0.3, 0.4) is 0 Å². The van der Waals surface area contributed by atoms with Gasteiger partial charge in [-0.15, -0.1) is 0 Å². The van der Waals surface area contributed by atoms with Crippen LogP contribution < -0.4 is 10.6 Å². The zero-order valence-electron chi connectivity index (χ0n) is 11.0. The summed E-state index contributed by atoms with van der Waals surface area (Å²) < 4.78 is 14.0. The summed E-state index contributed by atoms with van der Waals surface area (Å²) in [4.78, 5) is 23.2. The first-order valence-electron chi connectivity index (χ1n) is 6.11. The van der Waals surface area contributed by atoms with Crippen LogP contribution in [-0.4, -0.2) is 29.6 Å². The molecule has 0 radical (unpaired) electrons. The number of nitrogens with one attached hydrogen (secondary N) is 2. The van der Waals surface area contributed by atoms with Crippen LogP contribution in [-0.2, 0) is 9.59 Å². The predicted octanol–water partition coefficient (Wildman–Crippen LogP) is 1.80. The minimum absolute atomic E-state index is 0.0243. The standard InChI is InChI=1S/C13H16BrFN2O3/c1-8(3-2-6-18)16-12(19)13(20)17-11-5-4-9(14)7-10(11)15/h4-5,7-8,18H,2-3,6H2,1H3,(H,16,19)(H,17,20). The number of amides is 2. The third-order valence-electron chi connectivity index (χ3n) is 2.56. The van der Waals surface area contributed by atoms with Gasteiger partial charge in [0.1, 0.15) is 5.82 Å². The molecule has 1 unspecified atom stereocenters. The first kappa shape index (κ1) is 16.6. The molecule has 20 heavy (non-hydrogen) atoms. The molecule has 0 fully saturated rings. The molecule has 0 heterocycles. The van der Waals surface area contributed by atoms with E-state index in [1.54, 1.807) is 13.0 Å². The Bertz CT molecular complexity index is 497. The molecule has 3 N–H and O–H groups in total. The Balaban J connectivity index is 2.55. The lowest BCUT2D eigenvalue weighted by Gasteiger charge is -2.13. The van der Waals surface area contributed by atoms with E-state index >= 15 is 0 Å². The quantitative estimate of drug-likeness (QED) is 0.711. The SMILES string of the molecule is CC(CCCO)NC(=O)C(=O)Nc1ccc(Br)cc1F. The molecule has 0 saturated carbocycles. The van der Waals surface area contributed by atoms with Gasteiger partial charge >= 0.3 is 11.8 Å². The number of carbonyl (C=O) groups excluding carboxylic acids is 2. The number of hydrogen-bond acceptors (Lipinski definition) is 3. The van der Waals surface area contributed by atoms with Crippen LogP contribution in [0.15, 0.2) is 22.7 Å². The molecule has 7 heteroatoms. The average molecular weight is 347 g/mol. The number of benzene rings is 1. The van der Waals surface area contributed by atoms with E-state index in [0.29, 0.717) is 17.3 Å². The molecule has 2 amide bonds. The molecule has 0 aliphatic carbocycles. The van der Waals surface area contributed by atoms with Gasteiger partial charge in [0, 0.05) is 17.1 Å². The van der Waals surface area contributed by atoms with Gasteiger partial charge in [0.05, 0.1) is 5.69 Å². The minimum Gasteiger partial charge on any atom is -0.396 e. The Morgan fingerprint density at radius 2 is 2.10 bits per heavy atom. The summed E-state index contributed by atoms with van der Waals surface area (Å²) in [6.45, 7) is 1.75. The summed E-state index contributed by atoms with van der Waals surface area (Å²) in [5, 5.41) is 13.3. The maximum absolute atomic E-state index is 13.5. The van der Waals surface area contributed by atoms with Crippen LogP contribution >= 0.6 is 15.9 Å². The number of hydrogen-bond donors (Lipinski definition) is 3. The lowest BCUT2D eigenvalue weighted by Crippen LogP contribution is -2.40. The highest BCUT2D eigenvalue weighted by Gasteiger charge is 2.17. The van der Waals surface area contributed by atoms with Crippen LogP contribution in [0.1, 0.15) is 19.8 Å². The average Bonchev–Trinajstić information content (AvgIpc) is 2.39. The Morgan fingerprint density at radius 3 is 2.70 bits per heavy atom. The molecule has 5 nitrogen and oxygen atoms in total. The van der Waals surface area contributed by atoms with Crippen molar-refractivity contribution in [2.24, 2.45) is 0 Å². The van der Waals surface area contributed by atoms with Crippen LogP contribution in [0.5, 0.6) is 0 Å². The molecule has 0 aliphatic rings. The molecule has 0 aromatic heterocycles. The Labute approximate surface area is 124 Å². The molecule has 1 aromatic rings. The highest BCUT2D eigenvalue weighted by molar-refractivity contribution is 9.10. The van der Waals surface area contributed by atoms with Crippen molar-refractivity contribution < 1.29 is 19.1 Å². The smallest absolute Gasteiger partial charge is 0.313 e. The number of halogens is 2. The summed E-state index contributed by atoms with van der Waals surface area (Å²) >= 11 is 3.10. The number of aliphatic hydroxyl groups is 1.